The van der Waals surface area contributed by atoms with Gasteiger partial charge in [0.15, 0.2) is 8.32 Å². The van der Waals surface area contributed by atoms with Crippen LogP contribution in [0.1, 0.15) is 66.4 Å². The van der Waals surface area contributed by atoms with Crippen molar-refractivity contribution in [2.24, 2.45) is 11.8 Å². The molecule has 1 rings (SSSR count). The van der Waals surface area contributed by atoms with Crippen molar-refractivity contribution in [1.29, 1.82) is 0 Å². The van der Waals surface area contributed by atoms with Gasteiger partial charge in [0.25, 0.3) is 0 Å². The van der Waals surface area contributed by atoms with E-state index in [9.17, 15) is 0 Å². The first-order valence-corrected chi connectivity index (χ1v) is 13.8. The number of ether oxygens (including phenoxy) is 1. The summed E-state index contributed by atoms with van der Waals surface area (Å²) in [6.07, 6.45) is 3.42. The summed E-state index contributed by atoms with van der Waals surface area (Å²) in [5.74, 6) is 0.970. The molecule has 0 aliphatic rings. The van der Waals surface area contributed by atoms with Crippen LogP contribution in [0.15, 0.2) is 42.5 Å². The zero-order valence-electron chi connectivity index (χ0n) is 19.7. The molecule has 0 aliphatic carbocycles. The molecule has 0 N–H and O–H groups in total. The third-order valence-corrected chi connectivity index (χ3v) is 10.7. The van der Waals surface area contributed by atoms with Crippen LogP contribution in [0.4, 0.5) is 0 Å². The molecular weight excluding hydrogens is 360 g/mol. The maximum Gasteiger partial charge on any atom is 0.192 e. The summed E-state index contributed by atoms with van der Waals surface area (Å²) in [7, 11) is -1.80. The molecule has 0 radical (unpaired) electrons. The molecule has 28 heavy (non-hydrogen) atoms. The van der Waals surface area contributed by atoms with Crippen LogP contribution in [-0.2, 0) is 15.8 Å². The van der Waals surface area contributed by atoms with Gasteiger partial charge in [0.2, 0.25) is 0 Å². The molecule has 0 saturated heterocycles. The molecule has 0 bridgehead atoms. The summed E-state index contributed by atoms with van der Waals surface area (Å²) in [5, 5.41) is 0.225. The van der Waals surface area contributed by atoms with Crippen LogP contribution < -0.4 is 0 Å². The van der Waals surface area contributed by atoms with Crippen LogP contribution in [0, 0.1) is 11.8 Å². The molecule has 3 heteroatoms. The zero-order chi connectivity index (χ0) is 21.4. The smallest absolute Gasteiger partial charge is 0.192 e. The molecule has 1 aromatic carbocycles. The minimum absolute atomic E-state index is 0.225. The number of rotatable bonds is 12. The van der Waals surface area contributed by atoms with Crippen LogP contribution in [0.3, 0.4) is 0 Å². The largest absolute Gasteiger partial charge is 0.414 e. The Hall–Kier alpha value is -0.903. The van der Waals surface area contributed by atoms with Gasteiger partial charge in [0.05, 0.1) is 6.61 Å². The van der Waals surface area contributed by atoms with Crippen molar-refractivity contribution >= 4 is 8.32 Å². The lowest BCUT2D eigenvalue weighted by Gasteiger charge is -2.40. The first-order valence-electron chi connectivity index (χ1n) is 10.9. The molecule has 0 fully saturated rings. The van der Waals surface area contributed by atoms with E-state index in [1.54, 1.807) is 0 Å². The predicted octanol–water partition coefficient (Wildman–Crippen LogP) is 7.61. The lowest BCUT2D eigenvalue weighted by atomic mass is 9.91. The van der Waals surface area contributed by atoms with Crippen LogP contribution in [0.2, 0.25) is 18.1 Å². The van der Waals surface area contributed by atoms with Gasteiger partial charge in [-0.05, 0) is 54.8 Å². The van der Waals surface area contributed by atoms with E-state index < -0.39 is 8.32 Å². The standard InChI is InChI=1S/C25H44O2Si/c1-10-21(3)22(4)17-24(27-28(8,9)25(5,6)7)16-20(2)18-26-19-23-14-12-11-13-15-23/h11-15,20,22,24H,3,10,16-19H2,1-2,4-9H3/t20-,22-,24-/m1/s1. The van der Waals surface area contributed by atoms with Gasteiger partial charge in [-0.25, -0.2) is 0 Å². The van der Waals surface area contributed by atoms with Crippen molar-refractivity contribution < 1.29 is 9.16 Å². The lowest BCUT2D eigenvalue weighted by molar-refractivity contribution is 0.0629. The summed E-state index contributed by atoms with van der Waals surface area (Å²) in [4.78, 5) is 0. The highest BCUT2D eigenvalue weighted by molar-refractivity contribution is 6.74. The van der Waals surface area contributed by atoms with Crippen LogP contribution in [0.5, 0.6) is 0 Å². The second-order valence-electron chi connectivity index (χ2n) is 9.99. The Morgan fingerprint density at radius 3 is 2.21 bits per heavy atom. The molecule has 0 aromatic heterocycles. The Morgan fingerprint density at radius 2 is 1.68 bits per heavy atom. The Bertz CT molecular complexity index is 574. The van der Waals surface area contributed by atoms with Crippen LogP contribution in [-0.4, -0.2) is 21.0 Å². The first-order chi connectivity index (χ1) is 13.0. The molecule has 0 heterocycles. The van der Waals surface area contributed by atoms with Gasteiger partial charge in [-0.3, -0.25) is 0 Å². The summed E-state index contributed by atoms with van der Waals surface area (Å²) in [6.45, 7) is 24.2. The summed E-state index contributed by atoms with van der Waals surface area (Å²) >= 11 is 0. The highest BCUT2D eigenvalue weighted by atomic mass is 28.4. The fraction of sp³-hybridized carbons (Fsp3) is 0.680. The Labute approximate surface area is 175 Å². The molecule has 0 aliphatic heterocycles. The van der Waals surface area contributed by atoms with Gasteiger partial charge in [-0.15, -0.1) is 0 Å². The van der Waals surface area contributed by atoms with E-state index in [2.05, 4.69) is 85.5 Å². The molecule has 2 nitrogen and oxygen atoms in total. The van der Waals surface area contributed by atoms with Crippen molar-refractivity contribution in [3.05, 3.63) is 48.0 Å². The molecule has 0 amide bonds. The van der Waals surface area contributed by atoms with E-state index >= 15 is 0 Å². The van der Waals surface area contributed by atoms with E-state index in [1.165, 1.54) is 11.1 Å². The maximum atomic E-state index is 6.85. The monoisotopic (exact) mass is 404 g/mol. The molecule has 1 aromatic rings. The number of hydrogen-bond acceptors (Lipinski definition) is 2. The van der Waals surface area contributed by atoms with E-state index in [0.717, 1.165) is 25.9 Å². The van der Waals surface area contributed by atoms with E-state index in [0.29, 0.717) is 18.4 Å². The normalized spacial score (nSPS) is 15.9. The number of benzene rings is 1. The Balaban J connectivity index is 2.67. The molecular formula is C25H44O2Si. The molecule has 3 atom stereocenters. The van der Waals surface area contributed by atoms with E-state index in [4.69, 9.17) is 9.16 Å². The van der Waals surface area contributed by atoms with Gasteiger partial charge in [-0.2, -0.15) is 0 Å². The summed E-state index contributed by atoms with van der Waals surface area (Å²) in [5.41, 5.74) is 2.56. The second kappa shape index (κ2) is 11.3. The maximum absolute atomic E-state index is 6.85. The van der Waals surface area contributed by atoms with E-state index in [1.807, 2.05) is 6.07 Å². The quantitative estimate of drug-likeness (QED) is 0.263. The SMILES string of the molecule is C=C(CC)[C@H](C)C[C@@H](C[C@@H](C)COCc1ccccc1)O[Si](C)(C)C(C)(C)C. The minimum Gasteiger partial charge on any atom is -0.414 e. The average Bonchev–Trinajstić information content (AvgIpc) is 2.60. The number of allylic oxidation sites excluding steroid dienone is 1. The fourth-order valence-corrected chi connectivity index (χ4v) is 4.54. The Kier molecular flexibility index (Phi) is 10.2. The second-order valence-corrected chi connectivity index (χ2v) is 14.7. The van der Waals surface area contributed by atoms with Crippen LogP contribution in [0.25, 0.3) is 0 Å². The predicted molar refractivity (Wildman–Crippen MR) is 125 cm³/mol. The Morgan fingerprint density at radius 1 is 1.07 bits per heavy atom. The van der Waals surface area contributed by atoms with Gasteiger partial charge in [0.1, 0.15) is 0 Å². The van der Waals surface area contributed by atoms with Crippen LogP contribution >= 0.6 is 0 Å². The summed E-state index contributed by atoms with van der Waals surface area (Å²) < 4.78 is 12.8. The molecule has 160 valence electrons. The van der Waals surface area contributed by atoms with E-state index in [-0.39, 0.29) is 11.1 Å². The van der Waals surface area contributed by atoms with Crippen molar-refractivity contribution in [3.8, 4) is 0 Å². The van der Waals surface area contributed by atoms with Gasteiger partial charge < -0.3 is 9.16 Å². The third kappa shape index (κ3) is 8.63. The minimum atomic E-state index is -1.80. The third-order valence-electron chi connectivity index (χ3n) is 6.21. The highest BCUT2D eigenvalue weighted by Crippen LogP contribution is 2.39. The molecule has 0 saturated carbocycles. The average molecular weight is 405 g/mol. The van der Waals surface area contributed by atoms with Crippen molar-refractivity contribution in [2.45, 2.75) is 91.6 Å². The molecule has 0 unspecified atom stereocenters. The highest BCUT2D eigenvalue weighted by Gasteiger charge is 2.39. The van der Waals surface area contributed by atoms with Crippen molar-refractivity contribution in [2.75, 3.05) is 6.61 Å². The van der Waals surface area contributed by atoms with Gasteiger partial charge in [-0.1, -0.05) is 84.0 Å². The zero-order valence-corrected chi connectivity index (χ0v) is 20.7. The fourth-order valence-electron chi connectivity index (χ4n) is 3.16. The first kappa shape index (κ1) is 25.1. The number of hydrogen-bond donors (Lipinski definition) is 0. The lowest BCUT2D eigenvalue weighted by Crippen LogP contribution is -2.44. The van der Waals surface area contributed by atoms with Crippen molar-refractivity contribution in [1.82, 2.24) is 0 Å². The van der Waals surface area contributed by atoms with Gasteiger partial charge in [0, 0.05) is 12.7 Å². The van der Waals surface area contributed by atoms with Crippen molar-refractivity contribution in [3.63, 3.8) is 0 Å². The topological polar surface area (TPSA) is 18.5 Å². The summed E-state index contributed by atoms with van der Waals surface area (Å²) in [6, 6.07) is 10.4. The van der Waals surface area contributed by atoms with Gasteiger partial charge >= 0.3 is 0 Å². The molecule has 0 spiro atoms.